The fourth-order valence-electron chi connectivity index (χ4n) is 1.16. The molecule has 0 fully saturated rings. The molecule has 0 atom stereocenters. The molecule has 1 rings (SSSR count). The highest BCUT2D eigenvalue weighted by Crippen LogP contribution is 2.28. The van der Waals surface area contributed by atoms with Gasteiger partial charge in [0.1, 0.15) is 5.75 Å². The minimum Gasteiger partial charge on any atom is -0.410 e. The summed E-state index contributed by atoms with van der Waals surface area (Å²) in [5.74, 6) is 0.485. The molecule has 0 aliphatic carbocycles. The molecular weight excluding hydrogens is 192 g/mol. The van der Waals surface area contributed by atoms with Crippen molar-refractivity contribution in [2.75, 3.05) is 7.05 Å². The summed E-state index contributed by atoms with van der Waals surface area (Å²) < 4.78 is 5.02. The Labute approximate surface area is 88.7 Å². The topological polar surface area (TPSA) is 42.7 Å². The highest BCUT2D eigenvalue weighted by molar-refractivity contribution is 5.71. The monoisotopic (exact) mass is 204 g/mol. The van der Waals surface area contributed by atoms with Crippen molar-refractivity contribution < 1.29 is 9.53 Å². The van der Waals surface area contributed by atoms with Crippen LogP contribution in [-0.4, -0.2) is 13.1 Å². The number of ether oxygens (including phenoxy) is 1. The van der Waals surface area contributed by atoms with Crippen LogP contribution in [0.2, 0.25) is 0 Å². The normalized spacial score (nSPS) is 9.20. The van der Waals surface area contributed by atoms with Crippen LogP contribution < -0.4 is 10.1 Å². The first-order valence-corrected chi connectivity index (χ1v) is 4.46. The molecule has 0 aliphatic heterocycles. The Balaban J connectivity index is 3.06. The van der Waals surface area contributed by atoms with E-state index in [1.54, 1.807) is 19.1 Å². The zero-order chi connectivity index (χ0) is 11.4. The quantitative estimate of drug-likeness (QED) is 0.714. The SMILES string of the molecule is [C-]#[N+]c1cc(C)c(OC(=O)NC)cc1C. The van der Waals surface area contributed by atoms with Crippen LogP contribution in [0.25, 0.3) is 4.85 Å². The molecule has 1 aromatic rings. The van der Waals surface area contributed by atoms with E-state index >= 15 is 0 Å². The van der Waals surface area contributed by atoms with Gasteiger partial charge in [-0.05, 0) is 37.1 Å². The van der Waals surface area contributed by atoms with Gasteiger partial charge in [0.2, 0.25) is 0 Å². The van der Waals surface area contributed by atoms with Crippen molar-refractivity contribution in [2.24, 2.45) is 0 Å². The third kappa shape index (κ3) is 2.47. The average Bonchev–Trinajstić information content (AvgIpc) is 2.22. The van der Waals surface area contributed by atoms with Crippen LogP contribution in [0.15, 0.2) is 12.1 Å². The Hall–Kier alpha value is -2.02. The van der Waals surface area contributed by atoms with E-state index in [0.29, 0.717) is 11.4 Å². The molecule has 1 N–H and O–H groups in total. The van der Waals surface area contributed by atoms with Crippen molar-refractivity contribution in [3.8, 4) is 5.75 Å². The smallest absolute Gasteiger partial charge is 0.410 e. The lowest BCUT2D eigenvalue weighted by Crippen LogP contribution is -2.22. The zero-order valence-electron chi connectivity index (χ0n) is 8.92. The fraction of sp³-hybridized carbons (Fsp3) is 0.273. The molecule has 4 heteroatoms. The van der Waals surface area contributed by atoms with Gasteiger partial charge >= 0.3 is 6.09 Å². The van der Waals surface area contributed by atoms with Crippen LogP contribution >= 0.6 is 0 Å². The van der Waals surface area contributed by atoms with Gasteiger partial charge in [-0.3, -0.25) is 0 Å². The molecule has 0 unspecified atom stereocenters. The average molecular weight is 204 g/mol. The molecule has 1 amide bonds. The van der Waals surface area contributed by atoms with Gasteiger partial charge in [0.05, 0.1) is 6.57 Å². The second-order valence-corrected chi connectivity index (χ2v) is 3.16. The third-order valence-electron chi connectivity index (χ3n) is 2.02. The predicted molar refractivity (Wildman–Crippen MR) is 57.3 cm³/mol. The highest BCUT2D eigenvalue weighted by Gasteiger charge is 2.08. The molecule has 0 saturated carbocycles. The molecule has 4 nitrogen and oxygen atoms in total. The zero-order valence-corrected chi connectivity index (χ0v) is 8.92. The Morgan fingerprint density at radius 1 is 1.40 bits per heavy atom. The van der Waals surface area contributed by atoms with Crippen LogP contribution in [0, 0.1) is 20.4 Å². The van der Waals surface area contributed by atoms with Crippen LogP contribution in [0.4, 0.5) is 10.5 Å². The van der Waals surface area contributed by atoms with Crippen molar-refractivity contribution in [3.63, 3.8) is 0 Å². The Morgan fingerprint density at radius 2 is 2.07 bits per heavy atom. The lowest BCUT2D eigenvalue weighted by molar-refractivity contribution is 0.202. The lowest BCUT2D eigenvalue weighted by atomic mass is 10.1. The molecular formula is C11H12N2O2. The van der Waals surface area contributed by atoms with Gasteiger partial charge < -0.3 is 10.1 Å². The minimum absolute atomic E-state index is 0.485. The second kappa shape index (κ2) is 4.47. The summed E-state index contributed by atoms with van der Waals surface area (Å²) in [7, 11) is 1.50. The molecule has 0 aromatic heterocycles. The first-order chi connectivity index (χ1) is 7.08. The summed E-state index contributed by atoms with van der Waals surface area (Å²) in [6.45, 7) is 10.5. The Morgan fingerprint density at radius 3 is 2.60 bits per heavy atom. The van der Waals surface area contributed by atoms with Gasteiger partial charge in [-0.15, -0.1) is 0 Å². The number of nitrogens with zero attached hydrogens (tertiary/aromatic N) is 1. The van der Waals surface area contributed by atoms with Gasteiger partial charge in [0, 0.05) is 7.05 Å². The van der Waals surface area contributed by atoms with Gasteiger partial charge in [0.25, 0.3) is 0 Å². The van der Waals surface area contributed by atoms with E-state index in [1.165, 1.54) is 7.05 Å². The maximum Gasteiger partial charge on any atom is 0.412 e. The highest BCUT2D eigenvalue weighted by atomic mass is 16.6. The number of benzene rings is 1. The van der Waals surface area contributed by atoms with Gasteiger partial charge in [-0.1, -0.05) is 0 Å². The van der Waals surface area contributed by atoms with E-state index in [-0.39, 0.29) is 0 Å². The van der Waals surface area contributed by atoms with E-state index < -0.39 is 6.09 Å². The summed E-state index contributed by atoms with van der Waals surface area (Å²) >= 11 is 0. The van der Waals surface area contributed by atoms with E-state index in [1.807, 2.05) is 6.92 Å². The number of hydrogen-bond donors (Lipinski definition) is 1. The van der Waals surface area contributed by atoms with E-state index in [0.717, 1.165) is 11.1 Å². The largest absolute Gasteiger partial charge is 0.412 e. The maximum atomic E-state index is 11.0. The predicted octanol–water partition coefficient (Wildman–Crippen LogP) is 2.57. The van der Waals surface area contributed by atoms with Crippen molar-refractivity contribution in [1.29, 1.82) is 0 Å². The number of rotatable bonds is 1. The minimum atomic E-state index is -0.506. The van der Waals surface area contributed by atoms with Gasteiger partial charge in [-0.25, -0.2) is 9.64 Å². The number of nitrogens with one attached hydrogen (secondary N) is 1. The number of carbonyl (C=O) groups is 1. The number of amides is 1. The Bertz CT molecular complexity index is 433. The molecule has 1 aromatic carbocycles. The molecule has 0 radical (unpaired) electrons. The van der Waals surface area contributed by atoms with E-state index in [2.05, 4.69) is 10.2 Å². The Kier molecular flexibility index (Phi) is 3.29. The number of hydrogen-bond acceptors (Lipinski definition) is 2. The first kappa shape index (κ1) is 11.1. The summed E-state index contributed by atoms with van der Waals surface area (Å²) in [5, 5.41) is 2.37. The van der Waals surface area contributed by atoms with Gasteiger partial charge in [-0.2, -0.15) is 0 Å². The van der Waals surface area contributed by atoms with Crippen molar-refractivity contribution >= 4 is 11.8 Å². The molecule has 0 saturated heterocycles. The van der Waals surface area contributed by atoms with Crippen molar-refractivity contribution in [1.82, 2.24) is 5.32 Å². The first-order valence-electron chi connectivity index (χ1n) is 4.46. The van der Waals surface area contributed by atoms with Crippen LogP contribution in [-0.2, 0) is 0 Å². The van der Waals surface area contributed by atoms with Gasteiger partial charge in [0.15, 0.2) is 5.69 Å². The fourth-order valence-corrected chi connectivity index (χ4v) is 1.16. The number of aryl methyl sites for hydroxylation is 2. The van der Waals surface area contributed by atoms with Crippen molar-refractivity contribution in [3.05, 3.63) is 34.7 Å². The molecule has 0 aliphatic rings. The molecule has 0 spiro atoms. The standard InChI is InChI=1S/C11H12N2O2/c1-7-6-10(15-11(14)13-4)8(2)5-9(7)12-3/h5-6H,1-2,4H3,(H,13,14). The van der Waals surface area contributed by atoms with Crippen LogP contribution in [0.3, 0.4) is 0 Å². The third-order valence-corrected chi connectivity index (χ3v) is 2.02. The summed E-state index contributed by atoms with van der Waals surface area (Å²) in [5.41, 5.74) is 2.15. The van der Waals surface area contributed by atoms with E-state index in [9.17, 15) is 4.79 Å². The summed E-state index contributed by atoms with van der Waals surface area (Å²) in [6.07, 6.45) is -0.506. The maximum absolute atomic E-state index is 11.0. The van der Waals surface area contributed by atoms with E-state index in [4.69, 9.17) is 11.3 Å². The summed E-state index contributed by atoms with van der Waals surface area (Å²) in [4.78, 5) is 14.4. The molecule has 0 heterocycles. The molecule has 78 valence electrons. The van der Waals surface area contributed by atoms with Crippen LogP contribution in [0.5, 0.6) is 5.75 Å². The lowest BCUT2D eigenvalue weighted by Gasteiger charge is -2.08. The number of carbonyl (C=O) groups excluding carboxylic acids is 1. The van der Waals surface area contributed by atoms with Crippen molar-refractivity contribution in [2.45, 2.75) is 13.8 Å². The second-order valence-electron chi connectivity index (χ2n) is 3.16. The molecule has 15 heavy (non-hydrogen) atoms. The van der Waals surface area contributed by atoms with Crippen LogP contribution in [0.1, 0.15) is 11.1 Å². The molecule has 0 bridgehead atoms. The summed E-state index contributed by atoms with van der Waals surface area (Å²) in [6, 6.07) is 3.40.